The van der Waals surface area contributed by atoms with E-state index in [4.69, 9.17) is 14.5 Å². The van der Waals surface area contributed by atoms with Crippen LogP contribution in [0.3, 0.4) is 0 Å². The van der Waals surface area contributed by atoms with E-state index in [0.29, 0.717) is 23.3 Å². The summed E-state index contributed by atoms with van der Waals surface area (Å²) in [5.41, 5.74) is 2.75. The van der Waals surface area contributed by atoms with Gasteiger partial charge in [0.1, 0.15) is 17.3 Å². The zero-order valence-electron chi connectivity index (χ0n) is 20.8. The predicted molar refractivity (Wildman–Crippen MR) is 141 cm³/mol. The minimum absolute atomic E-state index is 0.149. The van der Waals surface area contributed by atoms with Crippen molar-refractivity contribution >= 4 is 22.7 Å². The molecule has 5 aromatic rings. The van der Waals surface area contributed by atoms with E-state index in [1.807, 2.05) is 55.5 Å². The van der Waals surface area contributed by atoms with Crippen molar-refractivity contribution in [1.29, 1.82) is 0 Å². The summed E-state index contributed by atoms with van der Waals surface area (Å²) in [6.45, 7) is 2.42. The average Bonchev–Trinajstić information content (AvgIpc) is 3.30. The van der Waals surface area contributed by atoms with Crippen molar-refractivity contribution in [3.63, 3.8) is 0 Å². The molecule has 0 aliphatic heterocycles. The van der Waals surface area contributed by atoms with Gasteiger partial charge in [0.2, 0.25) is 0 Å². The highest BCUT2D eigenvalue weighted by molar-refractivity contribution is 7.98. The van der Waals surface area contributed by atoms with Crippen molar-refractivity contribution < 1.29 is 22.6 Å². The summed E-state index contributed by atoms with van der Waals surface area (Å²) in [6, 6.07) is 16.8. The molecule has 0 saturated carbocycles. The molecule has 3 aromatic carbocycles. The Morgan fingerprint density at radius 3 is 2.37 bits per heavy atom. The molecule has 0 unspecified atom stereocenters. The van der Waals surface area contributed by atoms with E-state index in [0.717, 1.165) is 57.4 Å². The standard InChI is InChI=1S/C28H23F3N4O2S/c1-4-37-18-9-12-24-19(13-18)20(14-25(32-24)16-5-7-17(36-3)8-6-16)27-33-34-28(35(27)2)38-15-21-22(29)10-11-23(30)26(21)31/h5-14H,4,15H2,1-3H3. The quantitative estimate of drug-likeness (QED) is 0.160. The molecule has 5 rings (SSSR count). The smallest absolute Gasteiger partial charge is 0.191 e. The first-order valence-electron chi connectivity index (χ1n) is 11.8. The number of methoxy groups -OCH3 is 1. The number of pyridine rings is 1. The fourth-order valence-electron chi connectivity index (χ4n) is 4.07. The lowest BCUT2D eigenvalue weighted by Crippen LogP contribution is -2.00. The summed E-state index contributed by atoms with van der Waals surface area (Å²) in [7, 11) is 3.37. The van der Waals surface area contributed by atoms with Crippen molar-refractivity contribution in [3.8, 4) is 34.1 Å². The monoisotopic (exact) mass is 536 g/mol. The Hall–Kier alpha value is -4.05. The molecule has 0 amide bonds. The van der Waals surface area contributed by atoms with Crippen LogP contribution in [0.4, 0.5) is 13.2 Å². The fourth-order valence-corrected chi connectivity index (χ4v) is 4.99. The number of nitrogens with zero attached hydrogens (tertiary/aromatic N) is 4. The van der Waals surface area contributed by atoms with Crippen molar-refractivity contribution in [2.75, 3.05) is 13.7 Å². The Labute approximate surface area is 221 Å². The van der Waals surface area contributed by atoms with E-state index in [9.17, 15) is 13.2 Å². The van der Waals surface area contributed by atoms with Crippen LogP contribution in [-0.4, -0.2) is 33.5 Å². The molecule has 38 heavy (non-hydrogen) atoms. The Balaban J connectivity index is 1.58. The third-order valence-electron chi connectivity index (χ3n) is 6.04. The highest BCUT2D eigenvalue weighted by atomic mass is 32.2. The van der Waals surface area contributed by atoms with Gasteiger partial charge in [-0.15, -0.1) is 10.2 Å². The maximum atomic E-state index is 14.2. The lowest BCUT2D eigenvalue weighted by Gasteiger charge is -2.12. The maximum Gasteiger partial charge on any atom is 0.191 e. The molecule has 0 atom stereocenters. The fraction of sp³-hybridized carbons (Fsp3) is 0.179. The minimum atomic E-state index is -1.20. The third kappa shape index (κ3) is 4.91. The number of aromatic nitrogens is 4. The highest BCUT2D eigenvalue weighted by Crippen LogP contribution is 2.35. The van der Waals surface area contributed by atoms with E-state index in [1.54, 1.807) is 18.7 Å². The predicted octanol–water partition coefficient (Wildman–Crippen LogP) is 6.81. The molecular formula is C28H23F3N4O2S. The van der Waals surface area contributed by atoms with Crippen LogP contribution >= 0.6 is 11.8 Å². The highest BCUT2D eigenvalue weighted by Gasteiger charge is 2.19. The first-order valence-corrected chi connectivity index (χ1v) is 12.7. The zero-order chi connectivity index (χ0) is 26.8. The normalized spacial score (nSPS) is 11.2. The molecule has 2 heterocycles. The summed E-state index contributed by atoms with van der Waals surface area (Å²) in [5, 5.41) is 9.86. The van der Waals surface area contributed by atoms with Crippen LogP contribution in [0, 0.1) is 17.5 Å². The molecule has 0 aliphatic carbocycles. The Kier molecular flexibility index (Phi) is 7.24. The van der Waals surface area contributed by atoms with Gasteiger partial charge >= 0.3 is 0 Å². The van der Waals surface area contributed by atoms with E-state index < -0.39 is 17.5 Å². The summed E-state index contributed by atoms with van der Waals surface area (Å²) in [6.07, 6.45) is 0. The summed E-state index contributed by atoms with van der Waals surface area (Å²) < 4.78 is 54.7. The summed E-state index contributed by atoms with van der Waals surface area (Å²) in [5.74, 6) is -1.31. The van der Waals surface area contributed by atoms with Gasteiger partial charge in [-0.25, -0.2) is 18.2 Å². The van der Waals surface area contributed by atoms with Gasteiger partial charge in [0, 0.05) is 34.9 Å². The largest absolute Gasteiger partial charge is 0.497 e. The lowest BCUT2D eigenvalue weighted by atomic mass is 10.0. The molecule has 194 valence electrons. The molecule has 0 aliphatic rings. The van der Waals surface area contributed by atoms with Gasteiger partial charge in [0.05, 0.1) is 24.9 Å². The van der Waals surface area contributed by atoms with Crippen LogP contribution in [0.15, 0.2) is 65.8 Å². The van der Waals surface area contributed by atoms with E-state index in [-0.39, 0.29) is 11.3 Å². The second-order valence-corrected chi connectivity index (χ2v) is 9.31. The van der Waals surface area contributed by atoms with Crippen molar-refractivity contribution in [3.05, 3.63) is 83.7 Å². The van der Waals surface area contributed by atoms with Crippen molar-refractivity contribution in [2.24, 2.45) is 7.05 Å². The molecule has 6 nitrogen and oxygen atoms in total. The second kappa shape index (κ2) is 10.7. The van der Waals surface area contributed by atoms with Gasteiger partial charge < -0.3 is 14.0 Å². The number of ether oxygens (including phenoxy) is 2. The molecule has 10 heteroatoms. The van der Waals surface area contributed by atoms with Gasteiger partial charge in [-0.1, -0.05) is 11.8 Å². The van der Waals surface area contributed by atoms with E-state index in [1.165, 1.54) is 0 Å². The first-order chi connectivity index (χ1) is 18.4. The number of halogens is 3. The lowest BCUT2D eigenvalue weighted by molar-refractivity contribution is 0.340. The van der Waals surface area contributed by atoms with Crippen molar-refractivity contribution in [1.82, 2.24) is 19.7 Å². The molecule has 0 saturated heterocycles. The van der Waals surface area contributed by atoms with Crippen molar-refractivity contribution in [2.45, 2.75) is 17.8 Å². The van der Waals surface area contributed by atoms with E-state index >= 15 is 0 Å². The zero-order valence-corrected chi connectivity index (χ0v) is 21.7. The van der Waals surface area contributed by atoms with Crippen LogP contribution in [0.1, 0.15) is 12.5 Å². The molecule has 0 spiro atoms. The number of hydrogen-bond acceptors (Lipinski definition) is 6. The number of benzene rings is 3. The van der Waals surface area contributed by atoms with Crippen LogP contribution in [0.2, 0.25) is 0 Å². The Morgan fingerprint density at radius 1 is 0.895 bits per heavy atom. The average molecular weight is 537 g/mol. The molecule has 0 fully saturated rings. The SMILES string of the molecule is CCOc1ccc2nc(-c3ccc(OC)cc3)cc(-c3nnc(SCc4c(F)ccc(F)c4F)n3C)c2c1. The van der Waals surface area contributed by atoms with Gasteiger partial charge in [0.25, 0.3) is 0 Å². The van der Waals surface area contributed by atoms with Gasteiger partial charge in [-0.3, -0.25) is 0 Å². The maximum absolute atomic E-state index is 14.2. The minimum Gasteiger partial charge on any atom is -0.497 e. The second-order valence-electron chi connectivity index (χ2n) is 8.37. The summed E-state index contributed by atoms with van der Waals surface area (Å²) >= 11 is 1.06. The van der Waals surface area contributed by atoms with Gasteiger partial charge in [-0.05, 0) is 67.6 Å². The Morgan fingerprint density at radius 2 is 1.63 bits per heavy atom. The summed E-state index contributed by atoms with van der Waals surface area (Å²) in [4.78, 5) is 4.85. The molecule has 0 bridgehead atoms. The number of fused-ring (bicyclic) bond motifs is 1. The Bertz CT molecular complexity index is 1620. The molecular weight excluding hydrogens is 513 g/mol. The van der Waals surface area contributed by atoms with Gasteiger partial charge in [-0.2, -0.15) is 0 Å². The van der Waals surface area contributed by atoms with Crippen LogP contribution in [-0.2, 0) is 12.8 Å². The number of hydrogen-bond donors (Lipinski definition) is 0. The molecule has 0 radical (unpaired) electrons. The van der Waals surface area contributed by atoms with Crippen LogP contribution < -0.4 is 9.47 Å². The topological polar surface area (TPSA) is 62.1 Å². The number of rotatable bonds is 8. The number of thioether (sulfide) groups is 1. The first kappa shape index (κ1) is 25.6. The molecule has 2 aromatic heterocycles. The van der Waals surface area contributed by atoms with E-state index in [2.05, 4.69) is 10.2 Å². The third-order valence-corrected chi connectivity index (χ3v) is 7.08. The van der Waals surface area contributed by atoms with Gasteiger partial charge in [0.15, 0.2) is 22.6 Å². The van der Waals surface area contributed by atoms with Crippen LogP contribution in [0.5, 0.6) is 11.5 Å². The molecule has 0 N–H and O–H groups in total. The van der Waals surface area contributed by atoms with Crippen LogP contribution in [0.25, 0.3) is 33.5 Å².